The molecule has 3 heteroatoms. The van der Waals surface area contributed by atoms with Crippen molar-refractivity contribution in [3.63, 3.8) is 0 Å². The van der Waals surface area contributed by atoms with Gasteiger partial charge in [-0.3, -0.25) is 0 Å². The monoisotopic (exact) mass is 765 g/mol. The Labute approximate surface area is 347 Å². The van der Waals surface area contributed by atoms with Gasteiger partial charge >= 0.3 is 0 Å². The molecule has 12 aromatic rings. The van der Waals surface area contributed by atoms with Crippen molar-refractivity contribution in [2.75, 3.05) is 0 Å². The molecule has 0 amide bonds. The van der Waals surface area contributed by atoms with E-state index in [-0.39, 0.29) is 5.41 Å². The summed E-state index contributed by atoms with van der Waals surface area (Å²) in [5.74, 6) is 0. The first kappa shape index (κ1) is 33.4. The molecule has 0 saturated heterocycles. The molecule has 0 aliphatic heterocycles. The van der Waals surface area contributed by atoms with Crippen molar-refractivity contribution in [1.29, 1.82) is 0 Å². The summed E-state index contributed by atoms with van der Waals surface area (Å²) in [6.45, 7) is 4.77. The van der Waals surface area contributed by atoms with Crippen LogP contribution >= 0.6 is 0 Å². The molecule has 9 aromatic carbocycles. The fourth-order valence-electron chi connectivity index (χ4n) is 11.0. The van der Waals surface area contributed by atoms with E-state index in [1.807, 2.05) is 0 Å². The molecule has 0 saturated carbocycles. The Balaban J connectivity index is 1.07. The molecule has 0 spiro atoms. The molecule has 0 radical (unpaired) electrons. The van der Waals surface area contributed by atoms with E-state index in [2.05, 4.69) is 228 Å². The van der Waals surface area contributed by atoms with Gasteiger partial charge in [0, 0.05) is 49.0 Å². The molecular weight excluding hydrogens is 727 g/mol. The van der Waals surface area contributed by atoms with Crippen molar-refractivity contribution in [3.8, 4) is 39.3 Å². The quantitative estimate of drug-likeness (QED) is 0.169. The predicted octanol–water partition coefficient (Wildman–Crippen LogP) is 15.0. The second-order valence-corrected chi connectivity index (χ2v) is 16.9. The third kappa shape index (κ3) is 4.38. The van der Waals surface area contributed by atoms with E-state index in [0.29, 0.717) is 0 Å². The Morgan fingerprint density at radius 3 is 1.55 bits per heavy atom. The minimum absolute atomic E-state index is 0.149. The maximum Gasteiger partial charge on any atom is 0.0549 e. The summed E-state index contributed by atoms with van der Waals surface area (Å²) < 4.78 is 7.43. The Kier molecular flexibility index (Phi) is 6.78. The first-order valence-corrected chi connectivity index (χ1v) is 21.0. The second-order valence-electron chi connectivity index (χ2n) is 16.9. The summed E-state index contributed by atoms with van der Waals surface area (Å²) in [4.78, 5) is 0. The molecule has 1 aliphatic carbocycles. The van der Waals surface area contributed by atoms with Gasteiger partial charge in [-0.2, -0.15) is 0 Å². The number of aromatic nitrogens is 3. The maximum absolute atomic E-state index is 2.54. The highest BCUT2D eigenvalue weighted by molar-refractivity contribution is 6.29. The average Bonchev–Trinajstić information content (AvgIpc) is 4.00. The fourth-order valence-corrected chi connectivity index (χ4v) is 11.0. The zero-order chi connectivity index (χ0) is 39.7. The molecular formula is C57H39N3. The van der Waals surface area contributed by atoms with Gasteiger partial charge in [0.1, 0.15) is 0 Å². The number of hydrogen-bond acceptors (Lipinski definition) is 0. The lowest BCUT2D eigenvalue weighted by atomic mass is 9.81. The highest BCUT2D eigenvalue weighted by Gasteiger charge is 2.38. The highest BCUT2D eigenvalue weighted by Crippen LogP contribution is 2.52. The summed E-state index contributed by atoms with van der Waals surface area (Å²) in [6.07, 6.45) is 0. The van der Waals surface area contributed by atoms with Crippen LogP contribution in [0.4, 0.5) is 0 Å². The van der Waals surface area contributed by atoms with Crippen LogP contribution in [-0.2, 0) is 5.41 Å². The minimum Gasteiger partial charge on any atom is -0.309 e. The molecule has 0 atom stereocenters. The van der Waals surface area contributed by atoms with Gasteiger partial charge in [0.15, 0.2) is 0 Å². The summed E-state index contributed by atoms with van der Waals surface area (Å²) in [7, 11) is 0. The Morgan fingerprint density at radius 2 is 0.833 bits per heavy atom. The zero-order valence-corrected chi connectivity index (χ0v) is 33.4. The fraction of sp³-hybridized carbons (Fsp3) is 0.0526. The normalized spacial score (nSPS) is 13.3. The Bertz CT molecular complexity index is 3740. The molecule has 1 aliphatic rings. The topological polar surface area (TPSA) is 14.8 Å². The average molecular weight is 766 g/mol. The van der Waals surface area contributed by atoms with Crippen LogP contribution in [-0.4, -0.2) is 13.7 Å². The van der Waals surface area contributed by atoms with Crippen LogP contribution < -0.4 is 0 Å². The van der Waals surface area contributed by atoms with Crippen molar-refractivity contribution in [2.45, 2.75) is 19.3 Å². The smallest absolute Gasteiger partial charge is 0.0549 e. The summed E-state index contributed by atoms with van der Waals surface area (Å²) in [5.41, 5.74) is 18.5. The summed E-state index contributed by atoms with van der Waals surface area (Å²) in [6, 6.07) is 73.9. The zero-order valence-electron chi connectivity index (χ0n) is 33.4. The summed E-state index contributed by atoms with van der Waals surface area (Å²) in [5, 5.41) is 7.59. The lowest BCUT2D eigenvalue weighted by Gasteiger charge is -2.25. The van der Waals surface area contributed by atoms with E-state index < -0.39 is 0 Å². The molecule has 0 N–H and O–H groups in total. The predicted molar refractivity (Wildman–Crippen MR) is 252 cm³/mol. The third-order valence-electron chi connectivity index (χ3n) is 13.4. The second kappa shape index (κ2) is 12.2. The van der Waals surface area contributed by atoms with Crippen molar-refractivity contribution in [2.24, 2.45) is 0 Å². The highest BCUT2D eigenvalue weighted by atomic mass is 15.0. The maximum atomic E-state index is 2.54. The first-order chi connectivity index (χ1) is 29.6. The van der Waals surface area contributed by atoms with Gasteiger partial charge in [-0.1, -0.05) is 147 Å². The van der Waals surface area contributed by atoms with E-state index in [1.165, 1.54) is 116 Å². The lowest BCUT2D eigenvalue weighted by molar-refractivity contribution is 0.656. The van der Waals surface area contributed by atoms with Gasteiger partial charge in [-0.25, -0.2) is 0 Å². The molecule has 282 valence electrons. The van der Waals surface area contributed by atoms with Crippen molar-refractivity contribution >= 4 is 65.4 Å². The molecule has 0 bridgehead atoms. The van der Waals surface area contributed by atoms with Crippen LogP contribution in [0.2, 0.25) is 0 Å². The van der Waals surface area contributed by atoms with Crippen LogP contribution in [0.1, 0.15) is 25.0 Å². The number of hydrogen-bond donors (Lipinski definition) is 0. The van der Waals surface area contributed by atoms with E-state index >= 15 is 0 Å². The van der Waals surface area contributed by atoms with Crippen LogP contribution in [0.3, 0.4) is 0 Å². The number of fused-ring (bicyclic) bond motifs is 13. The van der Waals surface area contributed by atoms with E-state index in [1.54, 1.807) is 0 Å². The molecule has 0 unspecified atom stereocenters. The van der Waals surface area contributed by atoms with Crippen molar-refractivity contribution in [3.05, 3.63) is 211 Å². The van der Waals surface area contributed by atoms with Crippen LogP contribution in [0.25, 0.3) is 105 Å². The van der Waals surface area contributed by atoms with Crippen LogP contribution in [0.5, 0.6) is 0 Å². The SMILES string of the molecule is CC1(C)c2ccccc2-c2cccc(-n3c4ccccc4c4c5c6ccccc6n(-c6ccccc6-c6ccc7c(c6)c6ccccc6n7-c6ccccc6)c5ccc43)c21. The largest absolute Gasteiger partial charge is 0.309 e. The van der Waals surface area contributed by atoms with Gasteiger partial charge in [0.05, 0.1) is 44.5 Å². The van der Waals surface area contributed by atoms with Crippen LogP contribution in [0, 0.1) is 0 Å². The Morgan fingerprint density at radius 1 is 0.333 bits per heavy atom. The lowest BCUT2D eigenvalue weighted by Crippen LogP contribution is -2.17. The van der Waals surface area contributed by atoms with E-state index in [9.17, 15) is 0 Å². The van der Waals surface area contributed by atoms with Gasteiger partial charge < -0.3 is 13.7 Å². The van der Waals surface area contributed by atoms with Gasteiger partial charge in [0.25, 0.3) is 0 Å². The number of nitrogens with zero attached hydrogens (tertiary/aromatic N) is 3. The molecule has 0 fully saturated rings. The third-order valence-corrected chi connectivity index (χ3v) is 13.4. The number of rotatable bonds is 4. The van der Waals surface area contributed by atoms with Gasteiger partial charge in [-0.15, -0.1) is 0 Å². The standard InChI is InChI=1S/C57H39N3/c1-57(2)45-25-11-6-20-39(45)41-24-16-30-53(56(41)57)60-49-29-15-10-23-43(49)55-52(60)34-33-51-54(55)42-22-9-14-28-48(42)59(51)46-26-12-7-19-38(46)36-31-32-50-44(35-36)40-21-8-13-27-47(40)58(50)37-17-4-3-5-18-37/h3-35H,1-2H3. The molecule has 3 heterocycles. The summed E-state index contributed by atoms with van der Waals surface area (Å²) >= 11 is 0. The van der Waals surface area contributed by atoms with Crippen molar-refractivity contribution < 1.29 is 0 Å². The first-order valence-electron chi connectivity index (χ1n) is 21.0. The van der Waals surface area contributed by atoms with Crippen LogP contribution in [0.15, 0.2) is 200 Å². The van der Waals surface area contributed by atoms with E-state index in [4.69, 9.17) is 0 Å². The molecule has 3 nitrogen and oxygen atoms in total. The molecule has 13 rings (SSSR count). The number of benzene rings is 9. The molecule has 3 aromatic heterocycles. The number of para-hydroxylation sites is 5. The minimum atomic E-state index is -0.149. The Hall–Kier alpha value is -7.62. The van der Waals surface area contributed by atoms with Gasteiger partial charge in [0.2, 0.25) is 0 Å². The van der Waals surface area contributed by atoms with Gasteiger partial charge in [-0.05, 0) is 94.5 Å². The van der Waals surface area contributed by atoms with E-state index in [0.717, 1.165) is 0 Å². The molecule has 60 heavy (non-hydrogen) atoms. The van der Waals surface area contributed by atoms with Crippen molar-refractivity contribution in [1.82, 2.24) is 13.7 Å².